The lowest BCUT2D eigenvalue weighted by Gasteiger charge is -2.35. The second kappa shape index (κ2) is 7.59. The van der Waals surface area contributed by atoms with Crippen LogP contribution in [0.2, 0.25) is 0 Å². The molecule has 0 aliphatic carbocycles. The van der Waals surface area contributed by atoms with Gasteiger partial charge in [-0.15, -0.1) is 0 Å². The minimum absolute atomic E-state index is 0.0912. The van der Waals surface area contributed by atoms with Crippen LogP contribution in [0.3, 0.4) is 0 Å². The summed E-state index contributed by atoms with van der Waals surface area (Å²) in [7, 11) is 0. The fourth-order valence-electron chi connectivity index (χ4n) is 3.02. The molecule has 1 aliphatic rings. The van der Waals surface area contributed by atoms with Gasteiger partial charge in [0.2, 0.25) is 0 Å². The molecule has 0 amide bonds. The number of carbonyl (C=O) groups is 1. The maximum atomic E-state index is 12.5. The maximum absolute atomic E-state index is 12.5. The second-order valence-corrected chi connectivity index (χ2v) is 6.26. The molecule has 0 unspecified atom stereocenters. The molecule has 1 fully saturated rings. The van der Waals surface area contributed by atoms with Crippen molar-refractivity contribution in [1.29, 1.82) is 0 Å². The monoisotopic (exact) mass is 293 g/mol. The Morgan fingerprint density at radius 1 is 1.24 bits per heavy atom. The number of carbonyl (C=O) groups excluding carboxylic acids is 1. The minimum Gasteiger partial charge on any atom is -0.460 e. The van der Waals surface area contributed by atoms with Gasteiger partial charge < -0.3 is 4.74 Å². The summed E-state index contributed by atoms with van der Waals surface area (Å²) in [6.07, 6.45) is 7.09. The molecule has 5 nitrogen and oxygen atoms in total. The zero-order chi connectivity index (χ0) is 15.2. The van der Waals surface area contributed by atoms with Crippen LogP contribution in [0.1, 0.15) is 40.0 Å². The zero-order valence-electron chi connectivity index (χ0n) is 13.4. The fraction of sp³-hybridized carbons (Fsp3) is 0.750. The van der Waals surface area contributed by atoms with Gasteiger partial charge in [0.1, 0.15) is 12.1 Å². The predicted octanol–water partition coefficient (Wildman–Crippen LogP) is 2.33. The van der Waals surface area contributed by atoms with Crippen molar-refractivity contribution in [1.82, 2.24) is 14.7 Å². The summed E-state index contributed by atoms with van der Waals surface area (Å²) in [5.41, 5.74) is 0. The van der Waals surface area contributed by atoms with Gasteiger partial charge in [-0.3, -0.25) is 14.4 Å². The molecular formula is C16H27N3O2. The van der Waals surface area contributed by atoms with Crippen molar-refractivity contribution in [2.24, 2.45) is 5.92 Å². The van der Waals surface area contributed by atoms with Crippen molar-refractivity contribution in [3.8, 4) is 0 Å². The summed E-state index contributed by atoms with van der Waals surface area (Å²) >= 11 is 0. The number of likely N-dealkylation sites (tertiary alicyclic amines) is 1. The molecule has 1 aromatic rings. The smallest absolute Gasteiger partial charge is 0.323 e. The molecule has 2 heterocycles. The number of ether oxygens (including phenoxy) is 1. The van der Waals surface area contributed by atoms with Crippen molar-refractivity contribution in [2.45, 2.75) is 58.7 Å². The first-order valence-corrected chi connectivity index (χ1v) is 8.00. The number of nitrogens with zero attached hydrogens (tertiary/aromatic N) is 3. The van der Waals surface area contributed by atoms with E-state index in [-0.39, 0.29) is 24.0 Å². The molecule has 2 rings (SSSR count). The molecular weight excluding hydrogens is 266 g/mol. The fourth-order valence-corrected chi connectivity index (χ4v) is 3.02. The Morgan fingerprint density at radius 2 is 1.95 bits per heavy atom. The van der Waals surface area contributed by atoms with Gasteiger partial charge in [-0.25, -0.2) is 0 Å². The van der Waals surface area contributed by atoms with E-state index in [2.05, 4.69) is 23.8 Å². The first-order chi connectivity index (χ1) is 10.1. The highest BCUT2D eigenvalue weighted by atomic mass is 16.5. The molecule has 0 spiro atoms. The molecule has 21 heavy (non-hydrogen) atoms. The van der Waals surface area contributed by atoms with Gasteiger partial charge in [-0.05, 0) is 44.8 Å². The number of aromatic nitrogens is 2. The van der Waals surface area contributed by atoms with Crippen LogP contribution in [0.5, 0.6) is 0 Å². The van der Waals surface area contributed by atoms with Gasteiger partial charge in [0.15, 0.2) is 0 Å². The molecule has 0 saturated carbocycles. The topological polar surface area (TPSA) is 47.4 Å². The Labute approximate surface area is 127 Å². The van der Waals surface area contributed by atoms with Crippen LogP contribution in [0.25, 0.3) is 0 Å². The third-order valence-corrected chi connectivity index (χ3v) is 3.98. The summed E-state index contributed by atoms with van der Waals surface area (Å²) in [4.78, 5) is 14.8. The molecule has 0 radical (unpaired) electrons. The van der Waals surface area contributed by atoms with E-state index in [1.54, 1.807) is 10.9 Å². The lowest BCUT2D eigenvalue weighted by molar-refractivity contribution is -0.157. The Bertz CT molecular complexity index is 425. The molecule has 118 valence electrons. The highest BCUT2D eigenvalue weighted by Gasteiger charge is 2.32. The number of hydrogen-bond donors (Lipinski definition) is 0. The highest BCUT2D eigenvalue weighted by Crippen LogP contribution is 2.19. The molecule has 2 atom stereocenters. The maximum Gasteiger partial charge on any atom is 0.323 e. The third kappa shape index (κ3) is 4.56. The third-order valence-electron chi connectivity index (χ3n) is 3.98. The van der Waals surface area contributed by atoms with E-state index in [1.807, 2.05) is 19.2 Å². The molecule has 0 aromatic carbocycles. The van der Waals surface area contributed by atoms with Gasteiger partial charge in [-0.2, -0.15) is 5.10 Å². The SMILES string of the molecule is CC(C)[C@@H](C(=O)O[C@H](C)Cn1cccn1)N1CCCCC1. The zero-order valence-corrected chi connectivity index (χ0v) is 13.4. The Kier molecular flexibility index (Phi) is 5.79. The van der Waals surface area contributed by atoms with Crippen molar-refractivity contribution in [2.75, 3.05) is 13.1 Å². The Balaban J connectivity index is 1.91. The summed E-state index contributed by atoms with van der Waals surface area (Å²) in [5.74, 6) is 0.180. The van der Waals surface area contributed by atoms with Gasteiger partial charge in [-0.1, -0.05) is 20.3 Å². The van der Waals surface area contributed by atoms with Crippen molar-refractivity contribution in [3.05, 3.63) is 18.5 Å². The minimum atomic E-state index is -0.163. The lowest BCUT2D eigenvalue weighted by atomic mass is 9.99. The van der Waals surface area contributed by atoms with Gasteiger partial charge in [0, 0.05) is 12.4 Å². The number of rotatable bonds is 6. The lowest BCUT2D eigenvalue weighted by Crippen LogP contribution is -2.48. The first-order valence-electron chi connectivity index (χ1n) is 8.00. The average Bonchev–Trinajstić information content (AvgIpc) is 2.92. The van der Waals surface area contributed by atoms with Crippen LogP contribution in [-0.4, -0.2) is 45.9 Å². The summed E-state index contributed by atoms with van der Waals surface area (Å²) in [6, 6.07) is 1.75. The standard InChI is InChI=1S/C16H27N3O2/c1-13(2)15(18-9-5-4-6-10-18)16(20)21-14(3)12-19-11-7-8-17-19/h7-8,11,13-15H,4-6,9-10,12H2,1-3H3/t14-,15+/m1/s1. The van der Waals surface area contributed by atoms with Crippen molar-refractivity contribution >= 4 is 5.97 Å². The quantitative estimate of drug-likeness (QED) is 0.755. The molecule has 1 aliphatic heterocycles. The number of piperidine rings is 1. The van der Waals surface area contributed by atoms with Crippen LogP contribution < -0.4 is 0 Å². The summed E-state index contributed by atoms with van der Waals surface area (Å²) in [6.45, 7) is 8.73. The van der Waals surface area contributed by atoms with E-state index in [4.69, 9.17) is 4.74 Å². The molecule has 0 N–H and O–H groups in total. The Hall–Kier alpha value is -1.36. The van der Waals surface area contributed by atoms with Crippen LogP contribution in [0, 0.1) is 5.92 Å². The summed E-state index contributed by atoms with van der Waals surface area (Å²) < 4.78 is 7.45. The van der Waals surface area contributed by atoms with E-state index in [0.717, 1.165) is 13.1 Å². The second-order valence-electron chi connectivity index (χ2n) is 6.26. The normalized spacial score (nSPS) is 19.4. The van der Waals surface area contributed by atoms with Crippen LogP contribution in [0.4, 0.5) is 0 Å². The van der Waals surface area contributed by atoms with E-state index < -0.39 is 0 Å². The summed E-state index contributed by atoms with van der Waals surface area (Å²) in [5, 5.41) is 4.15. The van der Waals surface area contributed by atoms with Crippen molar-refractivity contribution in [3.63, 3.8) is 0 Å². The van der Waals surface area contributed by atoms with Gasteiger partial charge >= 0.3 is 5.97 Å². The molecule has 0 bridgehead atoms. The van der Waals surface area contributed by atoms with Crippen molar-refractivity contribution < 1.29 is 9.53 Å². The van der Waals surface area contributed by atoms with E-state index >= 15 is 0 Å². The highest BCUT2D eigenvalue weighted by molar-refractivity contribution is 5.76. The van der Waals surface area contributed by atoms with E-state index in [0.29, 0.717) is 6.54 Å². The van der Waals surface area contributed by atoms with E-state index in [1.165, 1.54) is 19.3 Å². The number of hydrogen-bond acceptors (Lipinski definition) is 4. The van der Waals surface area contributed by atoms with Gasteiger partial charge in [0.25, 0.3) is 0 Å². The Morgan fingerprint density at radius 3 is 2.52 bits per heavy atom. The molecule has 5 heteroatoms. The largest absolute Gasteiger partial charge is 0.460 e. The molecule has 1 saturated heterocycles. The number of esters is 1. The predicted molar refractivity (Wildman–Crippen MR) is 81.8 cm³/mol. The van der Waals surface area contributed by atoms with Crippen LogP contribution >= 0.6 is 0 Å². The van der Waals surface area contributed by atoms with Crippen LogP contribution in [-0.2, 0) is 16.1 Å². The van der Waals surface area contributed by atoms with E-state index in [9.17, 15) is 4.79 Å². The first kappa shape index (κ1) is 16.0. The average molecular weight is 293 g/mol. The van der Waals surface area contributed by atoms with Gasteiger partial charge in [0.05, 0.1) is 6.54 Å². The van der Waals surface area contributed by atoms with Crippen LogP contribution in [0.15, 0.2) is 18.5 Å². The molecule has 1 aromatic heterocycles.